The molecule has 0 aliphatic carbocycles. The molecule has 0 spiro atoms. The molecule has 0 rings (SSSR count). The van der Waals surface area contributed by atoms with E-state index in [1.54, 1.807) is 0 Å². The first-order valence-electron chi connectivity index (χ1n) is 6.64. The fraction of sp³-hybridized carbons (Fsp3) is 0.714. The monoisotopic (exact) mass is 300 g/mol. The first kappa shape index (κ1) is 18.8. The summed E-state index contributed by atoms with van der Waals surface area (Å²) in [4.78, 5) is 22.9. The SMILES string of the molecule is C#CC(CC)(CC)NC(=O)CSCCC(N)C(=O)OC. The van der Waals surface area contributed by atoms with Gasteiger partial charge in [0.1, 0.15) is 11.6 Å². The summed E-state index contributed by atoms with van der Waals surface area (Å²) >= 11 is 1.42. The summed E-state index contributed by atoms with van der Waals surface area (Å²) in [7, 11) is 1.30. The lowest BCUT2D eigenvalue weighted by molar-refractivity contribution is -0.142. The Labute approximate surface area is 125 Å². The Morgan fingerprint density at radius 1 is 1.45 bits per heavy atom. The van der Waals surface area contributed by atoms with Crippen LogP contribution in [0.15, 0.2) is 0 Å². The zero-order valence-corrected chi connectivity index (χ0v) is 13.2. The summed E-state index contributed by atoms with van der Waals surface area (Å²) in [6.45, 7) is 3.90. The Balaban J connectivity index is 4.01. The fourth-order valence-electron chi connectivity index (χ4n) is 1.61. The first-order valence-corrected chi connectivity index (χ1v) is 7.80. The number of carbonyl (C=O) groups is 2. The van der Waals surface area contributed by atoms with Crippen molar-refractivity contribution in [2.24, 2.45) is 5.73 Å². The van der Waals surface area contributed by atoms with Crippen molar-refractivity contribution in [3.63, 3.8) is 0 Å². The van der Waals surface area contributed by atoms with E-state index in [2.05, 4.69) is 16.0 Å². The van der Waals surface area contributed by atoms with Crippen LogP contribution < -0.4 is 11.1 Å². The van der Waals surface area contributed by atoms with Gasteiger partial charge < -0.3 is 15.8 Å². The predicted molar refractivity (Wildman–Crippen MR) is 82.2 cm³/mol. The zero-order chi connectivity index (χ0) is 15.6. The Morgan fingerprint density at radius 3 is 2.50 bits per heavy atom. The highest BCUT2D eigenvalue weighted by atomic mass is 32.2. The number of amides is 1. The Morgan fingerprint density at radius 2 is 2.05 bits per heavy atom. The molecule has 0 aromatic rings. The molecular weight excluding hydrogens is 276 g/mol. The van der Waals surface area contributed by atoms with Gasteiger partial charge in [-0.3, -0.25) is 9.59 Å². The van der Waals surface area contributed by atoms with E-state index in [1.165, 1.54) is 18.9 Å². The van der Waals surface area contributed by atoms with Crippen LogP contribution in [0.3, 0.4) is 0 Å². The lowest BCUT2D eigenvalue weighted by Crippen LogP contribution is -2.47. The third-order valence-electron chi connectivity index (χ3n) is 3.17. The number of rotatable bonds is 9. The normalized spacial score (nSPS) is 12.3. The van der Waals surface area contributed by atoms with Crippen LogP contribution in [0.5, 0.6) is 0 Å². The van der Waals surface area contributed by atoms with Crippen LogP contribution in [0.2, 0.25) is 0 Å². The molecule has 0 fully saturated rings. The molecule has 0 aromatic heterocycles. The number of methoxy groups -OCH3 is 1. The quantitative estimate of drug-likeness (QED) is 0.376. The van der Waals surface area contributed by atoms with Crippen molar-refractivity contribution >= 4 is 23.6 Å². The molecule has 0 aliphatic rings. The van der Waals surface area contributed by atoms with Crippen molar-refractivity contribution in [3.05, 3.63) is 0 Å². The summed E-state index contributed by atoms with van der Waals surface area (Å²) in [5, 5.41) is 2.88. The molecule has 0 saturated heterocycles. The summed E-state index contributed by atoms with van der Waals surface area (Å²) < 4.78 is 4.53. The van der Waals surface area contributed by atoms with Gasteiger partial charge in [0, 0.05) is 0 Å². The van der Waals surface area contributed by atoms with Crippen molar-refractivity contribution in [1.82, 2.24) is 5.32 Å². The van der Waals surface area contributed by atoms with Crippen LogP contribution in [0.25, 0.3) is 0 Å². The van der Waals surface area contributed by atoms with Crippen molar-refractivity contribution < 1.29 is 14.3 Å². The van der Waals surface area contributed by atoms with E-state index in [-0.39, 0.29) is 5.91 Å². The second kappa shape index (κ2) is 9.67. The molecule has 114 valence electrons. The third kappa shape index (κ3) is 6.31. The largest absolute Gasteiger partial charge is 0.468 e. The van der Waals surface area contributed by atoms with E-state index in [4.69, 9.17) is 12.2 Å². The minimum atomic E-state index is -0.633. The van der Waals surface area contributed by atoms with Gasteiger partial charge in [-0.15, -0.1) is 6.42 Å². The van der Waals surface area contributed by atoms with E-state index >= 15 is 0 Å². The Kier molecular flexibility index (Phi) is 9.10. The lowest BCUT2D eigenvalue weighted by Gasteiger charge is -2.26. The van der Waals surface area contributed by atoms with Gasteiger partial charge in [0.15, 0.2) is 0 Å². The maximum absolute atomic E-state index is 11.8. The molecular formula is C14H24N2O3S. The number of thioether (sulfide) groups is 1. The third-order valence-corrected chi connectivity index (χ3v) is 4.16. The second-order valence-electron chi connectivity index (χ2n) is 4.45. The molecule has 3 N–H and O–H groups in total. The highest BCUT2D eigenvalue weighted by Crippen LogP contribution is 2.14. The molecule has 0 saturated carbocycles. The molecule has 0 aromatic carbocycles. The highest BCUT2D eigenvalue weighted by Gasteiger charge is 2.25. The topological polar surface area (TPSA) is 81.4 Å². The van der Waals surface area contributed by atoms with Gasteiger partial charge in [0.2, 0.25) is 5.91 Å². The average Bonchev–Trinajstić information content (AvgIpc) is 2.48. The standard InChI is InChI=1S/C14H24N2O3S/c1-5-14(6-2,7-3)16-12(17)10-20-9-8-11(15)13(18)19-4/h1,11H,6-10,15H2,2-4H3,(H,16,17). The van der Waals surface area contributed by atoms with Crippen LogP contribution in [0.1, 0.15) is 33.1 Å². The second-order valence-corrected chi connectivity index (χ2v) is 5.56. The molecule has 6 heteroatoms. The van der Waals surface area contributed by atoms with Crippen LogP contribution in [0.4, 0.5) is 0 Å². The van der Waals surface area contributed by atoms with E-state index < -0.39 is 17.6 Å². The number of nitrogens with two attached hydrogens (primary N) is 1. The molecule has 0 aliphatic heterocycles. The number of hydrogen-bond donors (Lipinski definition) is 2. The highest BCUT2D eigenvalue weighted by molar-refractivity contribution is 7.99. The Bertz CT molecular complexity index is 362. The van der Waals surface area contributed by atoms with Gasteiger partial charge in [-0.25, -0.2) is 0 Å². The molecule has 0 radical (unpaired) electrons. The van der Waals surface area contributed by atoms with Crippen molar-refractivity contribution in [2.75, 3.05) is 18.6 Å². The molecule has 5 nitrogen and oxygen atoms in total. The van der Waals surface area contributed by atoms with Gasteiger partial charge in [-0.1, -0.05) is 19.8 Å². The zero-order valence-electron chi connectivity index (χ0n) is 12.4. The van der Waals surface area contributed by atoms with E-state index in [9.17, 15) is 9.59 Å². The summed E-state index contributed by atoms with van der Waals surface area (Å²) in [6, 6.07) is -0.633. The molecule has 20 heavy (non-hydrogen) atoms. The minimum absolute atomic E-state index is 0.0942. The summed E-state index contributed by atoms with van der Waals surface area (Å²) in [6.07, 6.45) is 7.36. The number of carbonyl (C=O) groups excluding carboxylic acids is 2. The fourth-order valence-corrected chi connectivity index (χ4v) is 2.44. The molecule has 1 amide bonds. The summed E-state index contributed by atoms with van der Waals surface area (Å²) in [5.74, 6) is 3.05. The lowest BCUT2D eigenvalue weighted by atomic mass is 9.94. The molecule has 0 heterocycles. The van der Waals surface area contributed by atoms with Crippen LogP contribution >= 0.6 is 11.8 Å². The molecule has 1 unspecified atom stereocenters. The van der Waals surface area contributed by atoms with Crippen molar-refractivity contribution in [2.45, 2.75) is 44.7 Å². The van der Waals surface area contributed by atoms with Crippen molar-refractivity contribution in [3.8, 4) is 12.3 Å². The van der Waals surface area contributed by atoms with E-state index in [1.807, 2.05) is 13.8 Å². The minimum Gasteiger partial charge on any atom is -0.468 e. The Hall–Kier alpha value is -1.19. The van der Waals surface area contributed by atoms with Crippen LogP contribution in [0, 0.1) is 12.3 Å². The number of ether oxygens (including phenoxy) is 1. The number of terminal acetylenes is 1. The maximum atomic E-state index is 11.8. The predicted octanol–water partition coefficient (Wildman–Crippen LogP) is 0.918. The van der Waals surface area contributed by atoms with Gasteiger partial charge in [0.05, 0.1) is 12.9 Å². The van der Waals surface area contributed by atoms with Gasteiger partial charge in [-0.2, -0.15) is 11.8 Å². The smallest absolute Gasteiger partial charge is 0.322 e. The maximum Gasteiger partial charge on any atom is 0.322 e. The first-order chi connectivity index (χ1) is 9.44. The van der Waals surface area contributed by atoms with Gasteiger partial charge >= 0.3 is 5.97 Å². The number of esters is 1. The molecule has 1 atom stereocenters. The van der Waals surface area contributed by atoms with Crippen LogP contribution in [-0.2, 0) is 14.3 Å². The van der Waals surface area contributed by atoms with E-state index in [0.29, 0.717) is 30.8 Å². The van der Waals surface area contributed by atoms with Crippen LogP contribution in [-0.4, -0.2) is 42.1 Å². The number of nitrogens with one attached hydrogen (secondary N) is 1. The van der Waals surface area contributed by atoms with E-state index in [0.717, 1.165) is 0 Å². The van der Waals surface area contributed by atoms with Gasteiger partial charge in [0.25, 0.3) is 0 Å². The van der Waals surface area contributed by atoms with Crippen molar-refractivity contribution in [1.29, 1.82) is 0 Å². The average molecular weight is 300 g/mol. The van der Waals surface area contributed by atoms with Gasteiger partial charge in [-0.05, 0) is 25.0 Å². The molecule has 0 bridgehead atoms. The number of hydrogen-bond acceptors (Lipinski definition) is 5. The summed E-state index contributed by atoms with van der Waals surface area (Å²) in [5.41, 5.74) is 5.04.